The van der Waals surface area contributed by atoms with Gasteiger partial charge in [0.25, 0.3) is 5.91 Å². The summed E-state index contributed by atoms with van der Waals surface area (Å²) in [6.07, 6.45) is 0. The monoisotopic (exact) mass is 277 g/mol. The van der Waals surface area contributed by atoms with E-state index in [1.807, 2.05) is 13.0 Å². The van der Waals surface area contributed by atoms with E-state index in [9.17, 15) is 9.90 Å². The van der Waals surface area contributed by atoms with E-state index < -0.39 is 0 Å². The lowest BCUT2D eigenvalue weighted by molar-refractivity contribution is 0.0933. The van der Waals surface area contributed by atoms with E-state index in [4.69, 9.17) is 11.6 Å². The Bertz CT molecular complexity index is 587. The van der Waals surface area contributed by atoms with E-state index in [-0.39, 0.29) is 28.5 Å². The molecule has 98 valence electrons. The highest BCUT2D eigenvalue weighted by atomic mass is 35.5. The van der Waals surface area contributed by atoms with E-state index in [1.54, 1.807) is 18.2 Å². The first-order valence-electron chi connectivity index (χ1n) is 5.65. The van der Waals surface area contributed by atoms with Crippen molar-refractivity contribution in [3.8, 4) is 5.75 Å². The van der Waals surface area contributed by atoms with Crippen molar-refractivity contribution in [1.29, 1.82) is 0 Å². The van der Waals surface area contributed by atoms with Crippen molar-refractivity contribution in [2.45, 2.75) is 13.0 Å². The molecule has 1 amide bonds. The molecule has 1 aromatic heterocycles. The molecule has 0 aliphatic rings. The van der Waals surface area contributed by atoms with Crippen LogP contribution in [-0.2, 0) is 0 Å². The van der Waals surface area contributed by atoms with Crippen molar-refractivity contribution in [2.75, 3.05) is 0 Å². The van der Waals surface area contributed by atoms with Crippen molar-refractivity contribution in [1.82, 2.24) is 15.5 Å². The lowest BCUT2D eigenvalue weighted by atomic mass is 10.1. The Morgan fingerprint density at radius 1 is 1.32 bits per heavy atom. The number of hydrogen-bond donors (Lipinski definition) is 2. The number of hydrogen-bond acceptors (Lipinski definition) is 4. The molecular weight excluding hydrogens is 266 g/mol. The molecule has 0 saturated heterocycles. The minimum absolute atomic E-state index is 0.157. The second-order valence-electron chi connectivity index (χ2n) is 4.03. The minimum Gasteiger partial charge on any atom is -0.508 e. The number of nitrogens with one attached hydrogen (secondary N) is 1. The van der Waals surface area contributed by atoms with E-state index in [1.165, 1.54) is 12.1 Å². The van der Waals surface area contributed by atoms with Gasteiger partial charge in [-0.3, -0.25) is 4.79 Å². The van der Waals surface area contributed by atoms with Gasteiger partial charge in [0.15, 0.2) is 10.8 Å². The number of carbonyl (C=O) groups is 1. The van der Waals surface area contributed by atoms with Crippen LogP contribution in [0.25, 0.3) is 0 Å². The van der Waals surface area contributed by atoms with Crippen LogP contribution in [0, 0.1) is 0 Å². The van der Waals surface area contributed by atoms with Crippen LogP contribution in [0.2, 0.25) is 5.15 Å². The first-order chi connectivity index (χ1) is 9.06. The normalized spacial score (nSPS) is 11.9. The lowest BCUT2D eigenvalue weighted by Gasteiger charge is -2.14. The van der Waals surface area contributed by atoms with Gasteiger partial charge in [0.2, 0.25) is 0 Å². The molecule has 1 unspecified atom stereocenters. The maximum Gasteiger partial charge on any atom is 0.272 e. The van der Waals surface area contributed by atoms with Gasteiger partial charge in [0.1, 0.15) is 5.75 Å². The summed E-state index contributed by atoms with van der Waals surface area (Å²) in [6.45, 7) is 1.82. The molecule has 19 heavy (non-hydrogen) atoms. The number of carbonyl (C=O) groups excluding carboxylic acids is 1. The van der Waals surface area contributed by atoms with Crippen LogP contribution in [0.15, 0.2) is 36.4 Å². The van der Waals surface area contributed by atoms with Crippen LogP contribution >= 0.6 is 11.6 Å². The van der Waals surface area contributed by atoms with Crippen LogP contribution in [0.1, 0.15) is 29.0 Å². The molecule has 2 N–H and O–H groups in total. The number of nitrogens with zero attached hydrogens (tertiary/aromatic N) is 2. The molecule has 5 nitrogen and oxygen atoms in total. The highest BCUT2D eigenvalue weighted by molar-refractivity contribution is 6.29. The zero-order valence-corrected chi connectivity index (χ0v) is 10.9. The molecule has 1 aromatic carbocycles. The summed E-state index contributed by atoms with van der Waals surface area (Å²) < 4.78 is 0. The number of aromatic hydroxyl groups is 1. The highest BCUT2D eigenvalue weighted by Crippen LogP contribution is 2.18. The fraction of sp³-hybridized carbons (Fsp3) is 0.154. The van der Waals surface area contributed by atoms with Crippen LogP contribution in [0.4, 0.5) is 0 Å². The Morgan fingerprint density at radius 2 is 2.11 bits per heavy atom. The van der Waals surface area contributed by atoms with Crippen LogP contribution in [-0.4, -0.2) is 21.2 Å². The molecule has 0 fully saturated rings. The summed E-state index contributed by atoms with van der Waals surface area (Å²) in [7, 11) is 0. The van der Waals surface area contributed by atoms with E-state index in [2.05, 4.69) is 15.5 Å². The summed E-state index contributed by atoms with van der Waals surface area (Å²) in [6, 6.07) is 9.45. The molecule has 0 bridgehead atoms. The average molecular weight is 278 g/mol. The van der Waals surface area contributed by atoms with Gasteiger partial charge < -0.3 is 10.4 Å². The van der Waals surface area contributed by atoms with Crippen molar-refractivity contribution >= 4 is 17.5 Å². The second kappa shape index (κ2) is 5.67. The Balaban J connectivity index is 2.08. The van der Waals surface area contributed by atoms with Gasteiger partial charge in [-0.15, -0.1) is 10.2 Å². The molecule has 1 heterocycles. The fourth-order valence-electron chi connectivity index (χ4n) is 1.59. The second-order valence-corrected chi connectivity index (χ2v) is 4.42. The largest absolute Gasteiger partial charge is 0.508 e. The number of amides is 1. The molecule has 6 heteroatoms. The zero-order valence-electron chi connectivity index (χ0n) is 10.2. The first-order valence-corrected chi connectivity index (χ1v) is 6.03. The fourth-order valence-corrected chi connectivity index (χ4v) is 1.69. The third-order valence-corrected chi connectivity index (χ3v) is 2.78. The predicted octanol–water partition coefficient (Wildman–Crippen LogP) is 2.33. The SMILES string of the molecule is CC(NC(=O)c1ccc(Cl)nn1)c1cccc(O)c1. The van der Waals surface area contributed by atoms with Gasteiger partial charge >= 0.3 is 0 Å². The minimum atomic E-state index is -0.347. The van der Waals surface area contributed by atoms with Crippen LogP contribution in [0.5, 0.6) is 5.75 Å². The van der Waals surface area contributed by atoms with Crippen LogP contribution in [0.3, 0.4) is 0 Å². The molecule has 0 aliphatic heterocycles. The van der Waals surface area contributed by atoms with Gasteiger partial charge in [0, 0.05) is 0 Å². The molecule has 0 aliphatic carbocycles. The number of halogens is 1. The molecule has 2 rings (SSSR count). The summed E-state index contributed by atoms with van der Waals surface area (Å²) in [5.74, 6) is -0.190. The topological polar surface area (TPSA) is 75.1 Å². The van der Waals surface area contributed by atoms with E-state index in [0.717, 1.165) is 5.56 Å². The standard InChI is InChI=1S/C13H12ClN3O2/c1-8(9-3-2-4-10(18)7-9)15-13(19)11-5-6-12(14)17-16-11/h2-8,18H,1H3,(H,15,19). The summed E-state index contributed by atoms with van der Waals surface area (Å²) in [5, 5.41) is 19.7. The van der Waals surface area contributed by atoms with Gasteiger partial charge in [-0.1, -0.05) is 23.7 Å². The third-order valence-electron chi connectivity index (χ3n) is 2.58. The highest BCUT2D eigenvalue weighted by Gasteiger charge is 2.13. The maximum atomic E-state index is 11.9. The lowest BCUT2D eigenvalue weighted by Crippen LogP contribution is -2.27. The number of phenolic OH excluding ortho intramolecular Hbond substituents is 1. The molecule has 2 aromatic rings. The molecular formula is C13H12ClN3O2. The maximum absolute atomic E-state index is 11.9. The Kier molecular flexibility index (Phi) is 3.97. The molecule has 0 saturated carbocycles. The molecule has 1 atom stereocenters. The zero-order chi connectivity index (χ0) is 13.8. The average Bonchev–Trinajstić information content (AvgIpc) is 2.39. The van der Waals surface area contributed by atoms with Gasteiger partial charge in [0.05, 0.1) is 6.04 Å². The van der Waals surface area contributed by atoms with E-state index >= 15 is 0 Å². The summed E-state index contributed by atoms with van der Waals surface area (Å²) >= 11 is 5.60. The van der Waals surface area contributed by atoms with Crippen molar-refractivity contribution < 1.29 is 9.90 Å². The number of rotatable bonds is 3. The van der Waals surface area contributed by atoms with Crippen molar-refractivity contribution in [3.05, 3.63) is 52.8 Å². The number of aromatic nitrogens is 2. The number of phenols is 1. The van der Waals surface area contributed by atoms with Crippen molar-refractivity contribution in [2.24, 2.45) is 0 Å². The van der Waals surface area contributed by atoms with Gasteiger partial charge in [-0.2, -0.15) is 0 Å². The Labute approximate surface area is 115 Å². The van der Waals surface area contributed by atoms with Crippen molar-refractivity contribution in [3.63, 3.8) is 0 Å². The Hall–Kier alpha value is -2.14. The summed E-state index contributed by atoms with van der Waals surface area (Å²) in [4.78, 5) is 11.9. The molecule has 0 radical (unpaired) electrons. The predicted molar refractivity (Wildman–Crippen MR) is 71.0 cm³/mol. The summed E-state index contributed by atoms with van der Waals surface area (Å²) in [5.41, 5.74) is 0.992. The van der Waals surface area contributed by atoms with E-state index in [0.29, 0.717) is 0 Å². The van der Waals surface area contributed by atoms with Crippen LogP contribution < -0.4 is 5.32 Å². The quantitative estimate of drug-likeness (QED) is 0.903. The smallest absolute Gasteiger partial charge is 0.272 e. The first kappa shape index (κ1) is 13.3. The van der Waals surface area contributed by atoms with Gasteiger partial charge in [-0.25, -0.2) is 0 Å². The third kappa shape index (κ3) is 3.42. The number of benzene rings is 1. The Morgan fingerprint density at radius 3 is 2.74 bits per heavy atom. The van der Waals surface area contributed by atoms with Gasteiger partial charge in [-0.05, 0) is 36.8 Å². The molecule has 0 spiro atoms.